The Morgan fingerprint density at radius 2 is 1.67 bits per heavy atom. The van der Waals surface area contributed by atoms with Gasteiger partial charge in [0.15, 0.2) is 0 Å². The summed E-state index contributed by atoms with van der Waals surface area (Å²) in [7, 11) is 4.01. The van der Waals surface area contributed by atoms with Crippen molar-refractivity contribution < 1.29 is 4.90 Å². The van der Waals surface area contributed by atoms with Crippen molar-refractivity contribution in [3.05, 3.63) is 7.05 Å². The number of nitrogens with one attached hydrogen (secondary N) is 1. The van der Waals surface area contributed by atoms with Gasteiger partial charge in [0.1, 0.15) is 0 Å². The second-order valence-electron chi connectivity index (χ2n) is 3.60. The van der Waals surface area contributed by atoms with Crippen LogP contribution in [0.15, 0.2) is 0 Å². The largest absolute Gasteiger partial charge is 0.467 e. The molecule has 0 saturated carbocycles. The Labute approximate surface area is 58.0 Å². The van der Waals surface area contributed by atoms with Crippen molar-refractivity contribution in [1.82, 2.24) is 0 Å². The third kappa shape index (κ3) is 1.98. The second-order valence-corrected chi connectivity index (χ2v) is 3.60. The van der Waals surface area contributed by atoms with Crippen molar-refractivity contribution in [3.63, 3.8) is 0 Å². The van der Waals surface area contributed by atoms with Gasteiger partial charge in [0.25, 0.3) is 0 Å². The van der Waals surface area contributed by atoms with Crippen LogP contribution in [0.25, 0.3) is 0 Å². The molecule has 0 amide bonds. The normalized spacial score (nSPS) is 45.0. The molecule has 0 aromatic carbocycles. The number of hydrogen-bond donors (Lipinski definition) is 1. The highest BCUT2D eigenvalue weighted by molar-refractivity contribution is 4.61. The van der Waals surface area contributed by atoms with Gasteiger partial charge < -0.3 is 4.90 Å². The van der Waals surface area contributed by atoms with Crippen LogP contribution in [0.5, 0.6) is 0 Å². The van der Waals surface area contributed by atoms with Crippen LogP contribution in [0.4, 0.5) is 0 Å². The van der Waals surface area contributed by atoms with E-state index in [1.807, 2.05) is 0 Å². The third-order valence-corrected chi connectivity index (χ3v) is 2.08. The highest BCUT2D eigenvalue weighted by Gasteiger charge is 2.18. The molecule has 1 heteroatoms. The first-order chi connectivity index (χ1) is 4.18. The Morgan fingerprint density at radius 3 is 2.00 bits per heavy atom. The topological polar surface area (TPSA) is 4.44 Å². The lowest BCUT2D eigenvalue weighted by molar-refractivity contribution is -0.867. The van der Waals surface area contributed by atoms with Crippen LogP contribution in [0.3, 0.4) is 0 Å². The molecule has 1 heterocycles. The quantitative estimate of drug-likeness (QED) is 0.448. The van der Waals surface area contributed by atoms with Crippen LogP contribution in [-0.2, 0) is 0 Å². The van der Waals surface area contributed by atoms with E-state index >= 15 is 0 Å². The summed E-state index contributed by atoms with van der Waals surface area (Å²) in [5, 5.41) is 0. The van der Waals surface area contributed by atoms with E-state index in [9.17, 15) is 0 Å². The lowest BCUT2D eigenvalue weighted by Crippen LogP contribution is -3.09. The average molecular weight is 127 g/mol. The Kier molecular flexibility index (Phi) is 2.12. The zero-order valence-corrected chi connectivity index (χ0v) is 6.48. The Hall–Kier alpha value is -0.0400. The number of likely N-dealkylation sites (tertiary alicyclic amines) is 1. The third-order valence-electron chi connectivity index (χ3n) is 2.08. The van der Waals surface area contributed by atoms with E-state index < -0.39 is 0 Å². The van der Waals surface area contributed by atoms with Crippen LogP contribution in [0.1, 0.15) is 20.3 Å². The van der Waals surface area contributed by atoms with E-state index in [-0.39, 0.29) is 0 Å². The van der Waals surface area contributed by atoms with Crippen LogP contribution in [0, 0.1) is 18.9 Å². The molecule has 1 saturated heterocycles. The maximum atomic E-state index is 4.01. The Bertz CT molecular complexity index is 65.5. The van der Waals surface area contributed by atoms with Gasteiger partial charge in [-0.3, -0.25) is 0 Å². The van der Waals surface area contributed by atoms with Gasteiger partial charge in [0.05, 0.1) is 13.1 Å². The van der Waals surface area contributed by atoms with Gasteiger partial charge in [-0.2, -0.15) is 7.05 Å². The summed E-state index contributed by atoms with van der Waals surface area (Å²) in [6, 6.07) is 0. The lowest BCUT2D eigenvalue weighted by atomic mass is 9.92. The van der Waals surface area contributed by atoms with Gasteiger partial charge in [0, 0.05) is 11.8 Å². The minimum absolute atomic E-state index is 0.890. The van der Waals surface area contributed by atoms with Crippen LogP contribution in [0.2, 0.25) is 0 Å². The van der Waals surface area contributed by atoms with E-state index in [1.165, 1.54) is 24.4 Å². The first-order valence-corrected chi connectivity index (χ1v) is 3.85. The summed E-state index contributed by atoms with van der Waals surface area (Å²) in [4.78, 5) is 1.46. The molecule has 0 radical (unpaired) electrons. The molecule has 1 aliphatic rings. The van der Waals surface area contributed by atoms with Gasteiger partial charge in [-0.15, -0.1) is 0 Å². The molecule has 0 aliphatic carbocycles. The smallest absolute Gasteiger partial charge is 0.0556 e. The minimum atomic E-state index is 0.890. The Morgan fingerprint density at radius 1 is 1.22 bits per heavy atom. The summed E-state index contributed by atoms with van der Waals surface area (Å²) in [5.41, 5.74) is 0. The first kappa shape index (κ1) is 7.07. The molecule has 1 rings (SSSR count). The van der Waals surface area contributed by atoms with Crippen molar-refractivity contribution in [2.45, 2.75) is 20.3 Å². The maximum absolute atomic E-state index is 4.01. The van der Waals surface area contributed by atoms with Gasteiger partial charge in [-0.1, -0.05) is 13.8 Å². The van der Waals surface area contributed by atoms with Gasteiger partial charge in [-0.05, 0) is 6.42 Å². The molecule has 2 unspecified atom stereocenters. The zero-order valence-electron chi connectivity index (χ0n) is 6.48. The molecule has 1 fully saturated rings. The molecular formula is C8H17N. The van der Waals surface area contributed by atoms with Crippen molar-refractivity contribution in [2.75, 3.05) is 13.1 Å². The predicted molar refractivity (Wildman–Crippen MR) is 39.0 cm³/mol. The monoisotopic (exact) mass is 127 g/mol. The van der Waals surface area contributed by atoms with E-state index in [1.54, 1.807) is 0 Å². The van der Waals surface area contributed by atoms with Crippen LogP contribution >= 0.6 is 0 Å². The van der Waals surface area contributed by atoms with Crippen molar-refractivity contribution in [1.29, 1.82) is 0 Å². The fourth-order valence-corrected chi connectivity index (χ4v) is 1.92. The summed E-state index contributed by atoms with van der Waals surface area (Å²) in [6.07, 6.45) is 1.40. The fourth-order valence-electron chi connectivity index (χ4n) is 1.92. The van der Waals surface area contributed by atoms with Crippen molar-refractivity contribution >= 4 is 0 Å². The summed E-state index contributed by atoms with van der Waals surface area (Å²) in [6.45, 7) is 7.18. The lowest BCUT2D eigenvalue weighted by Gasteiger charge is -2.33. The van der Waals surface area contributed by atoms with Crippen molar-refractivity contribution in [2.24, 2.45) is 11.8 Å². The number of rotatable bonds is 0. The molecule has 2 atom stereocenters. The molecule has 0 bridgehead atoms. The SMILES string of the molecule is [CH2-][NH+]1CC(C)CC(C)C1. The molecule has 54 valence electrons. The van der Waals surface area contributed by atoms with E-state index in [4.69, 9.17) is 0 Å². The predicted octanol–water partition coefficient (Wildman–Crippen LogP) is 0.339. The summed E-state index contributed by atoms with van der Waals surface area (Å²) < 4.78 is 0. The molecule has 0 aromatic rings. The standard InChI is InChI=1S/C8H17N/c1-7-4-8(2)6-9(3)5-7/h7-9H,3-6H2,1-2H3. The van der Waals surface area contributed by atoms with E-state index in [2.05, 4.69) is 20.9 Å². The Balaban J connectivity index is 2.34. The molecule has 9 heavy (non-hydrogen) atoms. The van der Waals surface area contributed by atoms with Gasteiger partial charge in [-0.25, -0.2) is 0 Å². The number of hydrogen-bond acceptors (Lipinski definition) is 0. The molecule has 0 spiro atoms. The number of quaternary nitrogens is 1. The van der Waals surface area contributed by atoms with E-state index in [0.29, 0.717) is 0 Å². The average Bonchev–Trinajstić information content (AvgIpc) is 1.59. The fraction of sp³-hybridized carbons (Fsp3) is 0.875. The summed E-state index contributed by atoms with van der Waals surface area (Å²) >= 11 is 0. The van der Waals surface area contributed by atoms with Crippen molar-refractivity contribution in [3.8, 4) is 0 Å². The van der Waals surface area contributed by atoms with E-state index in [0.717, 1.165) is 11.8 Å². The molecule has 1 nitrogen and oxygen atoms in total. The number of piperidine rings is 1. The van der Waals surface area contributed by atoms with Gasteiger partial charge >= 0.3 is 0 Å². The van der Waals surface area contributed by atoms with Gasteiger partial charge in [0.2, 0.25) is 0 Å². The second kappa shape index (κ2) is 2.70. The maximum Gasteiger partial charge on any atom is 0.0556 e. The highest BCUT2D eigenvalue weighted by Crippen LogP contribution is 2.11. The highest BCUT2D eigenvalue weighted by atomic mass is 15.1. The molecular weight excluding hydrogens is 110 g/mol. The molecule has 0 aromatic heterocycles. The zero-order chi connectivity index (χ0) is 6.85. The first-order valence-electron chi connectivity index (χ1n) is 3.85. The molecule has 1 N–H and O–H groups in total. The molecule has 1 aliphatic heterocycles. The minimum Gasteiger partial charge on any atom is -0.467 e. The van der Waals surface area contributed by atoms with Crippen LogP contribution in [-0.4, -0.2) is 13.1 Å². The van der Waals surface area contributed by atoms with Crippen LogP contribution < -0.4 is 4.90 Å². The summed E-state index contributed by atoms with van der Waals surface area (Å²) in [5.74, 6) is 1.78.